The van der Waals surface area contributed by atoms with Crippen LogP contribution in [0.1, 0.15) is 23.9 Å². The zero-order chi connectivity index (χ0) is 22.6. The van der Waals surface area contributed by atoms with E-state index in [1.54, 1.807) is 0 Å². The second-order valence-corrected chi connectivity index (χ2v) is 6.03. The first-order chi connectivity index (χ1) is 14.6. The lowest BCUT2D eigenvalue weighted by Gasteiger charge is -2.20. The number of hydrogen-bond donors (Lipinski definition) is 1. The molecule has 0 saturated heterocycles. The van der Waals surface area contributed by atoms with Crippen LogP contribution < -0.4 is 5.32 Å². The maximum Gasteiger partial charge on any atom is 0.411 e. The lowest BCUT2D eigenvalue weighted by molar-refractivity contribution is -0.174. The molecule has 31 heavy (non-hydrogen) atoms. The van der Waals surface area contributed by atoms with E-state index in [2.05, 4.69) is 30.2 Å². The molecule has 0 radical (unpaired) electrons. The Bertz CT molecular complexity index is 1010. The van der Waals surface area contributed by atoms with E-state index in [4.69, 9.17) is 4.42 Å². The summed E-state index contributed by atoms with van der Waals surface area (Å²) < 4.78 is 98.8. The fourth-order valence-corrected chi connectivity index (χ4v) is 2.39. The lowest BCUT2D eigenvalue weighted by atomic mass is 10.1. The Balaban J connectivity index is 1.77. The van der Waals surface area contributed by atoms with E-state index in [0.29, 0.717) is 6.07 Å². The molecule has 3 rings (SSSR count). The van der Waals surface area contributed by atoms with E-state index in [1.807, 2.05) is 0 Å². The topological polar surface area (TPSA) is 86.0 Å². The Morgan fingerprint density at radius 2 is 1.77 bits per heavy atom. The highest BCUT2D eigenvalue weighted by Crippen LogP contribution is 2.25. The minimum Gasteiger partial charge on any atom is -0.415 e. The van der Waals surface area contributed by atoms with Crippen LogP contribution in [0.25, 0.3) is 11.5 Å². The summed E-state index contributed by atoms with van der Waals surface area (Å²) in [5, 5.41) is 9.16. The van der Waals surface area contributed by atoms with Crippen LogP contribution in [0.15, 0.2) is 35.0 Å². The van der Waals surface area contributed by atoms with Gasteiger partial charge < -0.3 is 14.5 Å². The van der Waals surface area contributed by atoms with Crippen molar-refractivity contribution < 1.29 is 39.9 Å². The Kier molecular flexibility index (Phi) is 6.68. The van der Waals surface area contributed by atoms with Crippen molar-refractivity contribution in [1.29, 1.82) is 0 Å². The predicted octanol–water partition coefficient (Wildman–Crippen LogP) is 4.47. The standard InChI is InChI=1S/C17H12F7N5O2/c18-9-1-2-10(11(19)3-9)12(6-30-7-17(22,23)24)27-16-25-4-8(5-26-16)14-28-29-15(31-14)13(20)21/h1-5,12-13H,6-7H2,(H,25,26,27). The van der Waals surface area contributed by atoms with E-state index >= 15 is 0 Å². The summed E-state index contributed by atoms with van der Waals surface area (Å²) >= 11 is 0. The normalized spacial score (nSPS) is 12.9. The van der Waals surface area contributed by atoms with Gasteiger partial charge in [0.2, 0.25) is 5.95 Å². The third kappa shape index (κ3) is 6.10. The van der Waals surface area contributed by atoms with Crippen LogP contribution in [-0.4, -0.2) is 39.6 Å². The number of halogens is 7. The summed E-state index contributed by atoms with van der Waals surface area (Å²) in [6, 6.07) is 1.32. The van der Waals surface area contributed by atoms with Gasteiger partial charge in [-0.3, -0.25) is 0 Å². The SMILES string of the molecule is Fc1ccc(C(COCC(F)(F)F)Nc2ncc(-c3nnc(C(F)F)o3)cn2)c(F)c1. The molecule has 0 aliphatic rings. The van der Waals surface area contributed by atoms with Crippen LogP contribution >= 0.6 is 0 Å². The molecule has 0 fully saturated rings. The second-order valence-electron chi connectivity index (χ2n) is 6.03. The Morgan fingerprint density at radius 3 is 2.35 bits per heavy atom. The van der Waals surface area contributed by atoms with Crippen LogP contribution in [0, 0.1) is 11.6 Å². The Labute approximate surface area is 169 Å². The van der Waals surface area contributed by atoms with Crippen molar-refractivity contribution >= 4 is 5.95 Å². The molecule has 0 saturated carbocycles. The zero-order valence-corrected chi connectivity index (χ0v) is 15.2. The monoisotopic (exact) mass is 451 g/mol. The first-order valence-corrected chi connectivity index (χ1v) is 8.42. The van der Waals surface area contributed by atoms with Crippen LogP contribution in [-0.2, 0) is 4.74 Å². The lowest BCUT2D eigenvalue weighted by Crippen LogP contribution is -2.24. The minimum atomic E-state index is -4.61. The van der Waals surface area contributed by atoms with Crippen molar-refractivity contribution in [2.24, 2.45) is 0 Å². The van der Waals surface area contributed by atoms with Gasteiger partial charge in [-0.05, 0) is 6.07 Å². The van der Waals surface area contributed by atoms with Gasteiger partial charge in [0.05, 0.1) is 18.2 Å². The molecule has 2 heterocycles. The number of ether oxygens (including phenoxy) is 1. The molecular weight excluding hydrogens is 439 g/mol. The highest BCUT2D eigenvalue weighted by atomic mass is 19.4. The first kappa shape index (κ1) is 22.4. The number of aromatic nitrogens is 4. The summed E-state index contributed by atoms with van der Waals surface area (Å²) in [6.07, 6.45) is -5.34. The van der Waals surface area contributed by atoms with Crippen molar-refractivity contribution in [2.75, 3.05) is 18.5 Å². The Morgan fingerprint density at radius 1 is 1.06 bits per heavy atom. The Hall–Kier alpha value is -3.29. The van der Waals surface area contributed by atoms with E-state index < -0.39 is 49.4 Å². The molecule has 7 nitrogen and oxygen atoms in total. The van der Waals surface area contributed by atoms with Gasteiger partial charge in [-0.2, -0.15) is 22.0 Å². The molecule has 1 N–H and O–H groups in total. The van der Waals surface area contributed by atoms with Gasteiger partial charge in [0.15, 0.2) is 0 Å². The average Bonchev–Trinajstić information content (AvgIpc) is 3.17. The number of nitrogens with zero attached hydrogens (tertiary/aromatic N) is 4. The van der Waals surface area contributed by atoms with E-state index in [9.17, 15) is 30.7 Å². The van der Waals surface area contributed by atoms with Gasteiger partial charge in [-0.15, -0.1) is 10.2 Å². The summed E-state index contributed by atoms with van der Waals surface area (Å²) in [7, 11) is 0. The largest absolute Gasteiger partial charge is 0.415 e. The summed E-state index contributed by atoms with van der Waals surface area (Å²) in [4.78, 5) is 7.73. The molecule has 0 bridgehead atoms. The predicted molar refractivity (Wildman–Crippen MR) is 89.9 cm³/mol. The minimum absolute atomic E-state index is 0.0859. The number of rotatable bonds is 8. The second kappa shape index (κ2) is 9.24. The van der Waals surface area contributed by atoms with Crippen LogP contribution in [0.5, 0.6) is 0 Å². The van der Waals surface area contributed by atoms with Crippen molar-refractivity contribution in [3.8, 4) is 11.5 Å². The number of nitrogens with one attached hydrogen (secondary N) is 1. The average molecular weight is 451 g/mol. The molecule has 2 aromatic heterocycles. The summed E-state index contributed by atoms with van der Waals surface area (Å²) in [6.45, 7) is -2.23. The third-order valence-corrected chi connectivity index (χ3v) is 3.72. The zero-order valence-electron chi connectivity index (χ0n) is 15.2. The van der Waals surface area contributed by atoms with E-state index in [0.717, 1.165) is 24.5 Å². The number of benzene rings is 1. The highest BCUT2D eigenvalue weighted by Gasteiger charge is 2.29. The van der Waals surface area contributed by atoms with Gasteiger partial charge in [0.1, 0.15) is 18.2 Å². The number of anilines is 1. The van der Waals surface area contributed by atoms with Crippen LogP contribution in [0.4, 0.5) is 36.7 Å². The number of alkyl halides is 5. The molecule has 14 heteroatoms. The molecule has 3 aromatic rings. The van der Waals surface area contributed by atoms with E-state index in [1.165, 1.54) is 0 Å². The third-order valence-electron chi connectivity index (χ3n) is 3.72. The fraction of sp³-hybridized carbons (Fsp3) is 0.294. The quantitative estimate of drug-likeness (QED) is 0.506. The molecule has 0 aliphatic heterocycles. The molecule has 0 amide bonds. The molecule has 1 atom stereocenters. The van der Waals surface area contributed by atoms with E-state index in [-0.39, 0.29) is 23.0 Å². The molecule has 166 valence electrons. The molecule has 0 spiro atoms. The van der Waals surface area contributed by atoms with Gasteiger partial charge >= 0.3 is 12.6 Å². The highest BCUT2D eigenvalue weighted by molar-refractivity contribution is 5.50. The van der Waals surface area contributed by atoms with Crippen molar-refractivity contribution in [1.82, 2.24) is 20.2 Å². The smallest absolute Gasteiger partial charge is 0.411 e. The molecule has 1 unspecified atom stereocenters. The molecule has 1 aromatic carbocycles. The van der Waals surface area contributed by atoms with Gasteiger partial charge in [-0.25, -0.2) is 18.7 Å². The first-order valence-electron chi connectivity index (χ1n) is 8.42. The van der Waals surface area contributed by atoms with Crippen molar-refractivity contribution in [3.63, 3.8) is 0 Å². The maximum atomic E-state index is 14.1. The number of hydrogen-bond acceptors (Lipinski definition) is 7. The van der Waals surface area contributed by atoms with Crippen LogP contribution in [0.2, 0.25) is 0 Å². The van der Waals surface area contributed by atoms with Crippen LogP contribution in [0.3, 0.4) is 0 Å². The van der Waals surface area contributed by atoms with Gasteiger partial charge in [-0.1, -0.05) is 6.07 Å². The summed E-state index contributed by atoms with van der Waals surface area (Å²) in [5.74, 6) is -3.24. The van der Waals surface area contributed by atoms with Gasteiger partial charge in [0, 0.05) is 24.0 Å². The summed E-state index contributed by atoms with van der Waals surface area (Å²) in [5.41, 5.74) is -0.0995. The van der Waals surface area contributed by atoms with Crippen molar-refractivity contribution in [3.05, 3.63) is 53.7 Å². The van der Waals surface area contributed by atoms with Gasteiger partial charge in [0.25, 0.3) is 11.8 Å². The molecule has 0 aliphatic carbocycles. The van der Waals surface area contributed by atoms with Crippen molar-refractivity contribution in [2.45, 2.75) is 18.6 Å². The fourth-order valence-electron chi connectivity index (χ4n) is 2.39. The maximum absolute atomic E-state index is 14.1. The molecular formula is C17H12F7N5O2.